The monoisotopic (exact) mass is 245 g/mol. The zero-order valence-corrected chi connectivity index (χ0v) is 13.3. The maximum absolute atomic E-state index is 5.18. The highest BCUT2D eigenvalue weighted by atomic mass is 28.4. The summed E-state index contributed by atoms with van der Waals surface area (Å²) in [6.45, 7) is 20.1. The SMILES string of the molecule is C=COCCCN([Si](C)(C)C)[Si](C)(C)C. The van der Waals surface area contributed by atoms with Crippen LogP contribution in [0, 0.1) is 0 Å². The number of hydrogen-bond acceptors (Lipinski definition) is 2. The van der Waals surface area contributed by atoms with E-state index in [1.807, 2.05) is 0 Å². The summed E-state index contributed by atoms with van der Waals surface area (Å²) in [7, 11) is -2.34. The van der Waals surface area contributed by atoms with Crippen molar-refractivity contribution in [3.63, 3.8) is 0 Å². The average Bonchev–Trinajstić information content (AvgIpc) is 1.99. The summed E-state index contributed by atoms with van der Waals surface area (Å²) in [5.74, 6) is 0. The molecule has 0 aliphatic carbocycles. The van der Waals surface area contributed by atoms with Crippen LogP contribution in [0.25, 0.3) is 0 Å². The molecule has 0 aliphatic rings. The standard InChI is InChI=1S/C11H27NOSi2/c1-8-13-11-9-10-12(14(2,3)4)15(5,6)7/h8H,1,9-11H2,2-7H3. The fraction of sp³-hybridized carbons (Fsp3) is 0.818. The van der Waals surface area contributed by atoms with Crippen LogP contribution in [0.5, 0.6) is 0 Å². The van der Waals surface area contributed by atoms with E-state index in [2.05, 4.69) is 50.1 Å². The maximum atomic E-state index is 5.18. The smallest absolute Gasteiger partial charge is 0.112 e. The maximum Gasteiger partial charge on any atom is 0.112 e. The molecule has 90 valence electrons. The van der Waals surface area contributed by atoms with E-state index in [4.69, 9.17) is 4.74 Å². The van der Waals surface area contributed by atoms with E-state index < -0.39 is 16.5 Å². The van der Waals surface area contributed by atoms with Crippen molar-refractivity contribution < 1.29 is 4.74 Å². The molecule has 0 aromatic rings. The second-order valence-corrected chi connectivity index (χ2v) is 16.1. The Morgan fingerprint density at radius 2 is 1.53 bits per heavy atom. The van der Waals surface area contributed by atoms with Gasteiger partial charge in [-0.05, 0) is 13.0 Å². The molecule has 0 saturated heterocycles. The van der Waals surface area contributed by atoms with Gasteiger partial charge < -0.3 is 8.97 Å². The van der Waals surface area contributed by atoms with E-state index in [1.165, 1.54) is 12.8 Å². The van der Waals surface area contributed by atoms with Crippen LogP contribution in [0.2, 0.25) is 39.3 Å². The Bertz CT molecular complexity index is 180. The van der Waals surface area contributed by atoms with Gasteiger partial charge in [-0.2, -0.15) is 0 Å². The molecule has 0 aliphatic heterocycles. The predicted molar refractivity (Wildman–Crippen MR) is 74.2 cm³/mol. The van der Waals surface area contributed by atoms with Gasteiger partial charge in [0.1, 0.15) is 16.5 Å². The number of hydrogen-bond donors (Lipinski definition) is 0. The highest BCUT2D eigenvalue weighted by Gasteiger charge is 2.33. The Morgan fingerprint density at radius 1 is 1.07 bits per heavy atom. The molecule has 0 radical (unpaired) electrons. The van der Waals surface area contributed by atoms with E-state index >= 15 is 0 Å². The van der Waals surface area contributed by atoms with Crippen LogP contribution in [0.1, 0.15) is 6.42 Å². The van der Waals surface area contributed by atoms with Gasteiger partial charge in [0.15, 0.2) is 0 Å². The molecule has 0 amide bonds. The van der Waals surface area contributed by atoms with E-state index in [1.54, 1.807) is 0 Å². The minimum Gasteiger partial charge on any atom is -0.502 e. The highest BCUT2D eigenvalue weighted by molar-refractivity contribution is 6.89. The molecule has 2 nitrogen and oxygen atoms in total. The molecule has 0 spiro atoms. The first-order valence-corrected chi connectivity index (χ1v) is 12.6. The topological polar surface area (TPSA) is 12.5 Å². The minimum absolute atomic E-state index is 0.801. The normalized spacial score (nSPS) is 13.0. The molecule has 0 N–H and O–H groups in total. The van der Waals surface area contributed by atoms with E-state index in [9.17, 15) is 0 Å². The van der Waals surface area contributed by atoms with Crippen LogP contribution in [0.4, 0.5) is 0 Å². The van der Waals surface area contributed by atoms with Crippen molar-refractivity contribution in [2.45, 2.75) is 45.7 Å². The third-order valence-electron chi connectivity index (χ3n) is 2.38. The Labute approximate surface area is 97.5 Å². The first-order chi connectivity index (χ1) is 6.69. The van der Waals surface area contributed by atoms with Gasteiger partial charge in [-0.3, -0.25) is 0 Å². The molecular weight excluding hydrogens is 218 g/mol. The molecule has 15 heavy (non-hydrogen) atoms. The van der Waals surface area contributed by atoms with Gasteiger partial charge in [-0.15, -0.1) is 0 Å². The van der Waals surface area contributed by atoms with Crippen molar-refractivity contribution in [2.24, 2.45) is 0 Å². The van der Waals surface area contributed by atoms with Crippen molar-refractivity contribution in [3.8, 4) is 0 Å². The number of ether oxygens (including phenoxy) is 1. The van der Waals surface area contributed by atoms with E-state index in [0.29, 0.717) is 0 Å². The molecule has 0 unspecified atom stereocenters. The largest absolute Gasteiger partial charge is 0.502 e. The lowest BCUT2D eigenvalue weighted by atomic mass is 10.5. The van der Waals surface area contributed by atoms with Crippen LogP contribution in [0.15, 0.2) is 12.8 Å². The first-order valence-electron chi connectivity index (χ1n) is 5.70. The summed E-state index contributed by atoms with van der Waals surface area (Å²) in [4.78, 5) is 0. The molecular formula is C11H27NOSi2. The predicted octanol–water partition coefficient (Wildman–Crippen LogP) is 3.51. The lowest BCUT2D eigenvalue weighted by Crippen LogP contribution is -2.59. The quantitative estimate of drug-likeness (QED) is 0.387. The Morgan fingerprint density at radius 3 is 1.87 bits per heavy atom. The Hall–Kier alpha value is -0.0662. The second kappa shape index (κ2) is 5.87. The highest BCUT2D eigenvalue weighted by Crippen LogP contribution is 2.19. The van der Waals surface area contributed by atoms with Crippen molar-refractivity contribution >= 4 is 16.5 Å². The van der Waals surface area contributed by atoms with Gasteiger partial charge in [-0.25, -0.2) is 0 Å². The number of nitrogens with zero attached hydrogens (tertiary/aromatic N) is 1. The van der Waals surface area contributed by atoms with E-state index in [-0.39, 0.29) is 0 Å². The van der Waals surface area contributed by atoms with E-state index in [0.717, 1.165) is 13.0 Å². The molecule has 0 rings (SSSR count). The van der Waals surface area contributed by atoms with Gasteiger partial charge in [-0.1, -0.05) is 45.9 Å². The van der Waals surface area contributed by atoms with Crippen LogP contribution in [-0.2, 0) is 4.74 Å². The Kier molecular flexibility index (Phi) is 5.84. The molecule has 4 heteroatoms. The third kappa shape index (κ3) is 6.17. The van der Waals surface area contributed by atoms with Gasteiger partial charge in [0.05, 0.1) is 12.9 Å². The molecule has 0 aromatic heterocycles. The average molecular weight is 246 g/mol. The second-order valence-electron chi connectivity index (χ2n) is 5.88. The summed E-state index contributed by atoms with van der Waals surface area (Å²) >= 11 is 0. The van der Waals surface area contributed by atoms with Gasteiger partial charge in [0.2, 0.25) is 0 Å². The molecule has 0 atom stereocenters. The van der Waals surface area contributed by atoms with Crippen LogP contribution in [0.3, 0.4) is 0 Å². The summed E-state index contributed by atoms with van der Waals surface area (Å²) < 4.78 is 7.96. The lowest BCUT2D eigenvalue weighted by molar-refractivity contribution is 0.241. The molecule has 0 bridgehead atoms. The first kappa shape index (κ1) is 14.9. The Balaban J connectivity index is 4.22. The van der Waals surface area contributed by atoms with Gasteiger partial charge in [0.25, 0.3) is 0 Å². The molecule has 0 aromatic carbocycles. The van der Waals surface area contributed by atoms with Crippen LogP contribution in [-0.4, -0.2) is 33.9 Å². The van der Waals surface area contributed by atoms with Crippen LogP contribution >= 0.6 is 0 Å². The molecule has 0 heterocycles. The zero-order chi connectivity index (χ0) is 12.1. The van der Waals surface area contributed by atoms with Crippen molar-refractivity contribution in [1.82, 2.24) is 4.23 Å². The minimum atomic E-state index is -1.17. The molecule has 0 fully saturated rings. The lowest BCUT2D eigenvalue weighted by Gasteiger charge is -2.43. The summed E-state index contributed by atoms with van der Waals surface area (Å²) in [5.41, 5.74) is 0. The summed E-state index contributed by atoms with van der Waals surface area (Å²) in [5, 5.41) is 0. The van der Waals surface area contributed by atoms with Crippen molar-refractivity contribution in [2.75, 3.05) is 13.2 Å². The van der Waals surface area contributed by atoms with Crippen LogP contribution < -0.4 is 0 Å². The van der Waals surface area contributed by atoms with Crippen molar-refractivity contribution in [1.29, 1.82) is 0 Å². The zero-order valence-electron chi connectivity index (χ0n) is 11.3. The third-order valence-corrected chi connectivity index (χ3v) is 10.1. The van der Waals surface area contributed by atoms with Crippen molar-refractivity contribution in [3.05, 3.63) is 12.8 Å². The fourth-order valence-corrected chi connectivity index (χ4v) is 11.8. The summed E-state index contributed by atoms with van der Waals surface area (Å²) in [6.07, 6.45) is 2.65. The van der Waals surface area contributed by atoms with Gasteiger partial charge in [0, 0.05) is 0 Å². The van der Waals surface area contributed by atoms with Gasteiger partial charge >= 0.3 is 0 Å². The fourth-order valence-electron chi connectivity index (χ4n) is 2.07. The number of rotatable bonds is 7. The molecule has 0 saturated carbocycles. The summed E-state index contributed by atoms with van der Waals surface area (Å²) in [6, 6.07) is 0.